The van der Waals surface area contributed by atoms with Gasteiger partial charge in [0.15, 0.2) is 11.6 Å². The van der Waals surface area contributed by atoms with Crippen LogP contribution in [0.5, 0.6) is 5.75 Å². The van der Waals surface area contributed by atoms with Crippen molar-refractivity contribution in [2.45, 2.75) is 51.0 Å². The first kappa shape index (κ1) is 22.4. The van der Waals surface area contributed by atoms with Crippen molar-refractivity contribution < 1.29 is 22.3 Å². The predicted octanol–water partition coefficient (Wildman–Crippen LogP) is 2.72. The van der Waals surface area contributed by atoms with Gasteiger partial charge in [0.05, 0.1) is 11.5 Å². The van der Waals surface area contributed by atoms with Gasteiger partial charge in [0.25, 0.3) is 0 Å². The quantitative estimate of drug-likeness (QED) is 0.748. The van der Waals surface area contributed by atoms with Gasteiger partial charge >= 0.3 is 6.03 Å². The van der Waals surface area contributed by atoms with E-state index in [0.717, 1.165) is 6.07 Å². The van der Waals surface area contributed by atoms with Gasteiger partial charge in [-0.1, -0.05) is 0 Å². The predicted molar refractivity (Wildman–Crippen MR) is 105 cm³/mol. The SMILES string of the molecule is CCOc1ccc(S(=O)(=O)NCC2CCN(C(=O)NC(C)(C)C)CC2)cc1F. The molecule has 1 aromatic rings. The maximum atomic E-state index is 13.9. The molecule has 1 aliphatic heterocycles. The molecule has 1 aromatic carbocycles. The number of carbonyl (C=O) groups excluding carboxylic acids is 1. The van der Waals surface area contributed by atoms with E-state index in [-0.39, 0.29) is 34.7 Å². The van der Waals surface area contributed by atoms with Crippen molar-refractivity contribution in [3.8, 4) is 5.75 Å². The minimum Gasteiger partial charge on any atom is -0.491 e. The summed E-state index contributed by atoms with van der Waals surface area (Å²) >= 11 is 0. The van der Waals surface area contributed by atoms with Crippen molar-refractivity contribution in [3.63, 3.8) is 0 Å². The van der Waals surface area contributed by atoms with Crippen LogP contribution < -0.4 is 14.8 Å². The third kappa shape index (κ3) is 6.34. The van der Waals surface area contributed by atoms with E-state index in [0.29, 0.717) is 32.5 Å². The van der Waals surface area contributed by atoms with Gasteiger partial charge in [0.1, 0.15) is 0 Å². The fourth-order valence-electron chi connectivity index (χ4n) is 2.97. The van der Waals surface area contributed by atoms with Gasteiger partial charge in [-0.05, 0) is 64.7 Å². The number of hydrogen-bond acceptors (Lipinski definition) is 4. The van der Waals surface area contributed by atoms with E-state index in [2.05, 4.69) is 10.0 Å². The second-order valence-corrected chi connectivity index (χ2v) is 9.75. The number of ether oxygens (including phenoxy) is 1. The van der Waals surface area contributed by atoms with Crippen molar-refractivity contribution in [1.82, 2.24) is 14.9 Å². The van der Waals surface area contributed by atoms with E-state index >= 15 is 0 Å². The molecule has 28 heavy (non-hydrogen) atoms. The Balaban J connectivity index is 1.87. The van der Waals surface area contributed by atoms with Crippen LogP contribution in [0.1, 0.15) is 40.5 Å². The molecule has 1 heterocycles. The molecule has 0 atom stereocenters. The Hall–Kier alpha value is -1.87. The fraction of sp³-hybridized carbons (Fsp3) is 0.632. The Labute approximate surface area is 166 Å². The maximum absolute atomic E-state index is 13.9. The molecule has 0 spiro atoms. The second kappa shape index (κ2) is 9.09. The Morgan fingerprint density at radius 2 is 1.93 bits per heavy atom. The van der Waals surface area contributed by atoms with Crippen molar-refractivity contribution >= 4 is 16.1 Å². The molecule has 7 nitrogen and oxygen atoms in total. The third-order valence-corrected chi connectivity index (χ3v) is 5.88. The lowest BCUT2D eigenvalue weighted by Crippen LogP contribution is -2.51. The normalized spacial score (nSPS) is 16.1. The maximum Gasteiger partial charge on any atom is 0.317 e. The Bertz CT molecular complexity index is 785. The number of likely N-dealkylation sites (tertiary alicyclic amines) is 1. The zero-order chi connectivity index (χ0) is 20.9. The first-order chi connectivity index (χ1) is 13.0. The van der Waals surface area contributed by atoms with Crippen LogP contribution in [0.15, 0.2) is 23.1 Å². The summed E-state index contributed by atoms with van der Waals surface area (Å²) in [5.41, 5.74) is -0.295. The van der Waals surface area contributed by atoms with E-state index in [4.69, 9.17) is 4.74 Å². The van der Waals surface area contributed by atoms with Gasteiger partial charge in [0, 0.05) is 25.2 Å². The number of nitrogens with one attached hydrogen (secondary N) is 2. The molecule has 158 valence electrons. The van der Waals surface area contributed by atoms with Crippen LogP contribution in [0.2, 0.25) is 0 Å². The second-order valence-electron chi connectivity index (χ2n) is 7.99. The number of carbonyl (C=O) groups is 1. The van der Waals surface area contributed by atoms with Crippen LogP contribution in [-0.2, 0) is 10.0 Å². The molecular weight excluding hydrogens is 385 g/mol. The van der Waals surface area contributed by atoms with Crippen molar-refractivity contribution in [2.24, 2.45) is 5.92 Å². The number of benzene rings is 1. The Morgan fingerprint density at radius 1 is 1.29 bits per heavy atom. The van der Waals surface area contributed by atoms with E-state index in [1.165, 1.54) is 12.1 Å². The molecule has 1 aliphatic rings. The Morgan fingerprint density at radius 3 is 2.46 bits per heavy atom. The van der Waals surface area contributed by atoms with E-state index in [1.54, 1.807) is 11.8 Å². The van der Waals surface area contributed by atoms with Crippen LogP contribution in [0.4, 0.5) is 9.18 Å². The largest absolute Gasteiger partial charge is 0.491 e. The van der Waals surface area contributed by atoms with Gasteiger partial charge in [0.2, 0.25) is 10.0 Å². The molecule has 0 aliphatic carbocycles. The van der Waals surface area contributed by atoms with Crippen molar-refractivity contribution in [1.29, 1.82) is 0 Å². The van der Waals surface area contributed by atoms with Crippen molar-refractivity contribution in [2.75, 3.05) is 26.2 Å². The summed E-state index contributed by atoms with van der Waals surface area (Å²) in [6, 6.07) is 3.51. The zero-order valence-corrected chi connectivity index (χ0v) is 17.7. The van der Waals surface area contributed by atoms with E-state index in [1.807, 2.05) is 20.8 Å². The molecule has 0 radical (unpaired) electrons. The molecule has 0 unspecified atom stereocenters. The monoisotopic (exact) mass is 415 g/mol. The lowest BCUT2D eigenvalue weighted by atomic mass is 9.97. The molecular formula is C19H30FN3O4S. The van der Waals surface area contributed by atoms with E-state index in [9.17, 15) is 17.6 Å². The minimum absolute atomic E-state index is 0.0300. The molecule has 0 aromatic heterocycles. The van der Waals surface area contributed by atoms with Crippen LogP contribution in [0.25, 0.3) is 0 Å². The molecule has 9 heteroatoms. The molecule has 2 amide bonds. The number of nitrogens with zero attached hydrogens (tertiary/aromatic N) is 1. The molecule has 1 fully saturated rings. The number of hydrogen-bond donors (Lipinski definition) is 2. The summed E-state index contributed by atoms with van der Waals surface area (Å²) in [5.74, 6) is -0.550. The van der Waals surface area contributed by atoms with Gasteiger partial charge in [-0.15, -0.1) is 0 Å². The highest BCUT2D eigenvalue weighted by molar-refractivity contribution is 7.89. The number of halogens is 1. The molecule has 2 rings (SSSR count). The van der Waals surface area contributed by atoms with Crippen LogP contribution >= 0.6 is 0 Å². The average Bonchev–Trinajstić information content (AvgIpc) is 2.61. The summed E-state index contributed by atoms with van der Waals surface area (Å²) in [6.45, 7) is 9.21. The Kier molecular flexibility index (Phi) is 7.28. The summed E-state index contributed by atoms with van der Waals surface area (Å²) in [4.78, 5) is 13.8. The number of urea groups is 1. The highest BCUT2D eigenvalue weighted by atomic mass is 32.2. The summed E-state index contributed by atoms with van der Waals surface area (Å²) in [7, 11) is -3.81. The number of amides is 2. The van der Waals surface area contributed by atoms with Gasteiger partial charge in [-0.3, -0.25) is 0 Å². The van der Waals surface area contributed by atoms with Crippen molar-refractivity contribution in [3.05, 3.63) is 24.0 Å². The fourth-order valence-corrected chi connectivity index (χ4v) is 4.10. The summed E-state index contributed by atoms with van der Waals surface area (Å²) < 4.78 is 46.4. The van der Waals surface area contributed by atoms with Crippen LogP contribution in [0, 0.1) is 11.7 Å². The first-order valence-electron chi connectivity index (χ1n) is 9.51. The van der Waals surface area contributed by atoms with Crippen LogP contribution in [0.3, 0.4) is 0 Å². The lowest BCUT2D eigenvalue weighted by molar-refractivity contribution is 0.163. The molecule has 0 bridgehead atoms. The molecule has 0 saturated carbocycles. The third-order valence-electron chi connectivity index (χ3n) is 4.46. The summed E-state index contributed by atoms with van der Waals surface area (Å²) in [5, 5.41) is 2.93. The standard InChI is InChI=1S/C19H30FN3O4S/c1-5-27-17-7-6-15(12-16(17)20)28(25,26)21-13-14-8-10-23(11-9-14)18(24)22-19(2,3)4/h6-7,12,14,21H,5,8-11,13H2,1-4H3,(H,22,24). The number of sulfonamides is 1. The van der Waals surface area contributed by atoms with Gasteiger partial charge < -0.3 is 15.0 Å². The summed E-state index contributed by atoms with van der Waals surface area (Å²) in [6.07, 6.45) is 1.41. The first-order valence-corrected chi connectivity index (χ1v) is 11.0. The van der Waals surface area contributed by atoms with Gasteiger partial charge in [-0.25, -0.2) is 22.3 Å². The minimum atomic E-state index is -3.81. The highest BCUT2D eigenvalue weighted by Gasteiger charge is 2.26. The number of rotatable bonds is 6. The molecule has 1 saturated heterocycles. The lowest BCUT2D eigenvalue weighted by Gasteiger charge is -2.34. The van der Waals surface area contributed by atoms with Crippen LogP contribution in [-0.4, -0.2) is 51.1 Å². The smallest absolute Gasteiger partial charge is 0.317 e. The van der Waals surface area contributed by atoms with Gasteiger partial charge in [-0.2, -0.15) is 0 Å². The topological polar surface area (TPSA) is 87.7 Å². The highest BCUT2D eigenvalue weighted by Crippen LogP contribution is 2.22. The average molecular weight is 416 g/mol. The number of piperidine rings is 1. The zero-order valence-electron chi connectivity index (χ0n) is 16.9. The van der Waals surface area contributed by atoms with E-state index < -0.39 is 15.8 Å². The molecule has 2 N–H and O–H groups in total.